The lowest BCUT2D eigenvalue weighted by molar-refractivity contribution is -0.141. The van der Waals surface area contributed by atoms with Gasteiger partial charge in [0.2, 0.25) is 11.8 Å². The van der Waals surface area contributed by atoms with Crippen LogP contribution in [0.2, 0.25) is 0 Å². The van der Waals surface area contributed by atoms with Crippen molar-refractivity contribution in [1.82, 2.24) is 10.2 Å². The number of carbonyl (C=O) groups is 2. The van der Waals surface area contributed by atoms with Gasteiger partial charge in [-0.1, -0.05) is 67.6 Å². The Kier molecular flexibility index (Phi) is 8.52. The van der Waals surface area contributed by atoms with Gasteiger partial charge in [-0.2, -0.15) is 0 Å². The van der Waals surface area contributed by atoms with Crippen molar-refractivity contribution < 1.29 is 14.7 Å². The highest BCUT2D eigenvalue weighted by Crippen LogP contribution is 2.25. The Morgan fingerprint density at radius 2 is 1.67 bits per heavy atom. The molecule has 0 aliphatic heterocycles. The molecule has 2 N–H and O–H groups in total. The van der Waals surface area contributed by atoms with Gasteiger partial charge in [-0.15, -0.1) is 0 Å². The molecular formula is C22H28N2O3. The van der Waals surface area contributed by atoms with Crippen molar-refractivity contribution in [2.75, 3.05) is 13.2 Å². The highest BCUT2D eigenvalue weighted by atomic mass is 16.3. The van der Waals surface area contributed by atoms with Crippen LogP contribution in [0.1, 0.15) is 43.4 Å². The highest BCUT2D eigenvalue weighted by Gasteiger charge is 2.30. The van der Waals surface area contributed by atoms with Gasteiger partial charge in [-0.05, 0) is 24.0 Å². The number of rotatable bonds is 10. The Hall–Kier alpha value is -2.66. The van der Waals surface area contributed by atoms with Gasteiger partial charge in [0.1, 0.15) is 6.04 Å². The van der Waals surface area contributed by atoms with Crippen LogP contribution in [0.25, 0.3) is 0 Å². The summed E-state index contributed by atoms with van der Waals surface area (Å²) in [5.41, 5.74) is 1.76. The summed E-state index contributed by atoms with van der Waals surface area (Å²) in [5, 5.41) is 11.8. The standard InChI is InChI=1S/C22H28N2O3/c1-2-10-20(26)24(17-18-11-5-3-6-12-18)21(19-13-7-4-8-14-19)22(27)23-15-9-16-25/h3-8,11-14,21,25H,2,9-10,15-17H2,1H3,(H,23,27)/t21-/m0/s1. The summed E-state index contributed by atoms with van der Waals surface area (Å²) in [4.78, 5) is 27.5. The van der Waals surface area contributed by atoms with E-state index in [-0.39, 0.29) is 18.4 Å². The third-order valence-corrected chi connectivity index (χ3v) is 4.29. The number of benzene rings is 2. The Morgan fingerprint density at radius 1 is 1.04 bits per heavy atom. The number of amides is 2. The molecule has 5 heteroatoms. The molecule has 0 radical (unpaired) electrons. The average molecular weight is 368 g/mol. The molecule has 0 bridgehead atoms. The molecular weight excluding hydrogens is 340 g/mol. The Balaban J connectivity index is 2.35. The van der Waals surface area contributed by atoms with Crippen LogP contribution in [0.15, 0.2) is 60.7 Å². The number of aliphatic hydroxyl groups excluding tert-OH is 1. The first-order valence-electron chi connectivity index (χ1n) is 9.44. The van der Waals surface area contributed by atoms with Crippen molar-refractivity contribution >= 4 is 11.8 Å². The SMILES string of the molecule is CCCC(=O)N(Cc1ccccc1)[C@H](C(=O)NCCCO)c1ccccc1. The topological polar surface area (TPSA) is 69.6 Å². The van der Waals surface area contributed by atoms with E-state index in [2.05, 4.69) is 5.32 Å². The van der Waals surface area contributed by atoms with E-state index >= 15 is 0 Å². The van der Waals surface area contributed by atoms with Crippen LogP contribution in [0.3, 0.4) is 0 Å². The molecule has 2 rings (SSSR count). The smallest absolute Gasteiger partial charge is 0.247 e. The third-order valence-electron chi connectivity index (χ3n) is 4.29. The van der Waals surface area contributed by atoms with E-state index in [0.29, 0.717) is 25.9 Å². The first-order chi connectivity index (χ1) is 13.2. The zero-order valence-corrected chi connectivity index (χ0v) is 15.8. The van der Waals surface area contributed by atoms with Crippen LogP contribution in [-0.2, 0) is 16.1 Å². The summed E-state index contributed by atoms with van der Waals surface area (Å²) in [6.07, 6.45) is 1.59. The molecule has 0 fully saturated rings. The van der Waals surface area contributed by atoms with Gasteiger partial charge in [0, 0.05) is 26.1 Å². The van der Waals surface area contributed by atoms with E-state index < -0.39 is 6.04 Å². The largest absolute Gasteiger partial charge is 0.396 e. The highest BCUT2D eigenvalue weighted by molar-refractivity contribution is 5.88. The van der Waals surface area contributed by atoms with Crippen LogP contribution in [-0.4, -0.2) is 35.0 Å². The molecule has 1 atom stereocenters. The number of hydrogen-bond acceptors (Lipinski definition) is 3. The average Bonchev–Trinajstić information content (AvgIpc) is 2.69. The molecule has 0 saturated carbocycles. The lowest BCUT2D eigenvalue weighted by atomic mass is 10.0. The second kappa shape index (κ2) is 11.1. The molecule has 27 heavy (non-hydrogen) atoms. The number of nitrogens with one attached hydrogen (secondary N) is 1. The lowest BCUT2D eigenvalue weighted by Gasteiger charge is -2.31. The first-order valence-corrected chi connectivity index (χ1v) is 9.44. The fraction of sp³-hybridized carbons (Fsp3) is 0.364. The molecule has 5 nitrogen and oxygen atoms in total. The van der Waals surface area contributed by atoms with Crippen molar-refractivity contribution in [3.8, 4) is 0 Å². The molecule has 0 aromatic heterocycles. The number of aliphatic hydroxyl groups is 1. The maximum atomic E-state index is 13.0. The molecule has 2 aromatic rings. The summed E-state index contributed by atoms with van der Waals surface area (Å²) >= 11 is 0. The predicted molar refractivity (Wildman–Crippen MR) is 106 cm³/mol. The second-order valence-electron chi connectivity index (χ2n) is 6.44. The van der Waals surface area contributed by atoms with Gasteiger partial charge in [0.25, 0.3) is 0 Å². The van der Waals surface area contributed by atoms with Crippen LogP contribution in [0.5, 0.6) is 0 Å². The fourth-order valence-corrected chi connectivity index (χ4v) is 2.96. The zero-order chi connectivity index (χ0) is 19.5. The molecule has 2 aromatic carbocycles. The van der Waals surface area contributed by atoms with Crippen molar-refractivity contribution in [3.63, 3.8) is 0 Å². The number of carbonyl (C=O) groups excluding carboxylic acids is 2. The molecule has 2 amide bonds. The second-order valence-corrected chi connectivity index (χ2v) is 6.44. The molecule has 0 aliphatic rings. The van der Waals surface area contributed by atoms with Crippen LogP contribution < -0.4 is 5.32 Å². The summed E-state index contributed by atoms with van der Waals surface area (Å²) in [6.45, 7) is 2.71. The maximum absolute atomic E-state index is 13.0. The lowest BCUT2D eigenvalue weighted by Crippen LogP contribution is -2.43. The molecule has 0 saturated heterocycles. The van der Waals surface area contributed by atoms with Crippen molar-refractivity contribution in [1.29, 1.82) is 0 Å². The van der Waals surface area contributed by atoms with Gasteiger partial charge in [0.05, 0.1) is 0 Å². The van der Waals surface area contributed by atoms with Gasteiger partial charge in [-0.3, -0.25) is 9.59 Å². The van der Waals surface area contributed by atoms with Gasteiger partial charge >= 0.3 is 0 Å². The summed E-state index contributed by atoms with van der Waals surface area (Å²) in [7, 11) is 0. The summed E-state index contributed by atoms with van der Waals surface area (Å²) in [6, 6.07) is 18.4. The normalized spacial score (nSPS) is 11.6. The van der Waals surface area contributed by atoms with Crippen LogP contribution in [0.4, 0.5) is 0 Å². The van der Waals surface area contributed by atoms with Gasteiger partial charge in [-0.25, -0.2) is 0 Å². The van der Waals surface area contributed by atoms with E-state index in [1.165, 1.54) is 0 Å². The van der Waals surface area contributed by atoms with E-state index in [1.807, 2.05) is 67.6 Å². The van der Waals surface area contributed by atoms with Gasteiger partial charge < -0.3 is 15.3 Å². The van der Waals surface area contributed by atoms with E-state index in [1.54, 1.807) is 4.90 Å². The minimum absolute atomic E-state index is 0.0127. The first kappa shape index (κ1) is 20.6. The van der Waals surface area contributed by atoms with Crippen molar-refractivity contribution in [2.45, 2.75) is 38.8 Å². The molecule has 0 spiro atoms. The summed E-state index contributed by atoms with van der Waals surface area (Å²) < 4.78 is 0. The molecule has 0 unspecified atom stereocenters. The van der Waals surface area contributed by atoms with E-state index in [4.69, 9.17) is 5.11 Å². The molecule has 0 heterocycles. The number of hydrogen-bond donors (Lipinski definition) is 2. The van der Waals surface area contributed by atoms with Crippen molar-refractivity contribution in [3.05, 3.63) is 71.8 Å². The monoisotopic (exact) mass is 368 g/mol. The zero-order valence-electron chi connectivity index (χ0n) is 15.8. The maximum Gasteiger partial charge on any atom is 0.247 e. The fourth-order valence-electron chi connectivity index (χ4n) is 2.96. The Labute approximate surface area is 161 Å². The molecule has 0 aliphatic carbocycles. The van der Waals surface area contributed by atoms with Crippen LogP contribution >= 0.6 is 0 Å². The Bertz CT molecular complexity index is 704. The minimum atomic E-state index is -0.704. The van der Waals surface area contributed by atoms with Crippen LogP contribution in [0, 0.1) is 0 Å². The number of nitrogens with zero attached hydrogens (tertiary/aromatic N) is 1. The predicted octanol–water partition coefficient (Wildman–Crippen LogP) is 3.06. The molecule has 144 valence electrons. The minimum Gasteiger partial charge on any atom is -0.396 e. The Morgan fingerprint density at radius 3 is 2.26 bits per heavy atom. The third kappa shape index (κ3) is 6.22. The van der Waals surface area contributed by atoms with E-state index in [0.717, 1.165) is 17.5 Å². The van der Waals surface area contributed by atoms with Gasteiger partial charge in [0.15, 0.2) is 0 Å². The van der Waals surface area contributed by atoms with E-state index in [9.17, 15) is 9.59 Å². The summed E-state index contributed by atoms with van der Waals surface area (Å²) in [5.74, 6) is -0.275. The quantitative estimate of drug-likeness (QED) is 0.633. The van der Waals surface area contributed by atoms with Crippen molar-refractivity contribution in [2.24, 2.45) is 0 Å².